The highest BCUT2D eigenvalue weighted by atomic mass is 16.5. The van der Waals surface area contributed by atoms with Crippen LogP contribution in [0.5, 0.6) is 5.75 Å². The van der Waals surface area contributed by atoms with Crippen molar-refractivity contribution in [1.82, 2.24) is 20.1 Å². The zero-order valence-electron chi connectivity index (χ0n) is 18.5. The number of H-pyrrole nitrogens is 1. The van der Waals surface area contributed by atoms with Crippen LogP contribution in [-0.4, -0.2) is 47.0 Å². The summed E-state index contributed by atoms with van der Waals surface area (Å²) in [4.78, 5) is 29.9. The second kappa shape index (κ2) is 9.71. The lowest BCUT2D eigenvalue weighted by Crippen LogP contribution is -2.39. The average molecular weight is 447 g/mol. The highest BCUT2D eigenvalue weighted by Crippen LogP contribution is 2.28. The molecule has 2 heterocycles. The third-order valence-corrected chi connectivity index (χ3v) is 5.97. The SMILES string of the molecule is COc1cc(C#N)ccc1-c1c[nH]n(-c2ccc(C(=O)NC3CCC(OC)CC3)cn2)c1=O. The first-order valence-electron chi connectivity index (χ1n) is 10.7. The van der Waals surface area contributed by atoms with Gasteiger partial charge in [-0.3, -0.25) is 14.7 Å². The standard InChI is InChI=1S/C24H25N5O4/c1-32-18-7-5-17(6-8-18)28-23(30)16-4-10-22(26-13-16)29-24(31)20(14-27-29)19-9-3-15(12-25)11-21(19)33-2/h3-4,9-11,13-14,17-18,27H,5-8H2,1-2H3,(H,28,30). The molecular formula is C24H25N5O4. The minimum absolute atomic E-state index is 0.125. The molecule has 170 valence electrons. The third-order valence-electron chi connectivity index (χ3n) is 5.97. The van der Waals surface area contributed by atoms with Crippen molar-refractivity contribution in [3.05, 3.63) is 64.2 Å². The van der Waals surface area contributed by atoms with Gasteiger partial charge >= 0.3 is 0 Å². The van der Waals surface area contributed by atoms with Gasteiger partial charge in [-0.25, -0.2) is 9.67 Å². The Balaban J connectivity index is 1.50. The molecule has 0 spiro atoms. The Morgan fingerprint density at radius 3 is 2.61 bits per heavy atom. The van der Waals surface area contributed by atoms with Gasteiger partial charge in [0.25, 0.3) is 11.5 Å². The molecule has 9 nitrogen and oxygen atoms in total. The van der Waals surface area contributed by atoms with E-state index in [1.807, 2.05) is 0 Å². The predicted octanol–water partition coefficient (Wildman–Crippen LogP) is 2.80. The maximum atomic E-state index is 13.0. The lowest BCUT2D eigenvalue weighted by molar-refractivity contribution is 0.0599. The molecule has 0 aliphatic heterocycles. The first-order valence-corrected chi connectivity index (χ1v) is 10.7. The fourth-order valence-corrected chi connectivity index (χ4v) is 4.08. The van der Waals surface area contributed by atoms with Crippen LogP contribution in [-0.2, 0) is 4.74 Å². The van der Waals surface area contributed by atoms with Crippen LogP contribution in [0, 0.1) is 11.3 Å². The first kappa shape index (κ1) is 22.3. The number of carbonyl (C=O) groups excluding carboxylic acids is 1. The molecule has 1 aromatic carbocycles. The van der Waals surface area contributed by atoms with Crippen molar-refractivity contribution in [1.29, 1.82) is 5.26 Å². The molecule has 0 atom stereocenters. The van der Waals surface area contributed by atoms with E-state index in [2.05, 4.69) is 21.5 Å². The van der Waals surface area contributed by atoms with E-state index >= 15 is 0 Å². The van der Waals surface area contributed by atoms with Gasteiger partial charge in [0.2, 0.25) is 0 Å². The molecule has 0 unspecified atom stereocenters. The number of carbonyl (C=O) groups is 1. The van der Waals surface area contributed by atoms with Crippen LogP contribution in [0.3, 0.4) is 0 Å². The number of nitriles is 1. The summed E-state index contributed by atoms with van der Waals surface area (Å²) in [5.41, 5.74) is 1.50. The molecule has 3 aromatic rings. The number of rotatable bonds is 6. The van der Waals surface area contributed by atoms with Crippen LogP contribution >= 0.6 is 0 Å². The number of nitrogens with zero attached hydrogens (tertiary/aromatic N) is 3. The number of hydrogen-bond acceptors (Lipinski definition) is 6. The lowest BCUT2D eigenvalue weighted by atomic mass is 9.93. The third kappa shape index (κ3) is 4.66. The first-order chi connectivity index (χ1) is 16.0. The molecule has 4 rings (SSSR count). The molecule has 1 aliphatic rings. The maximum Gasteiger partial charge on any atom is 0.280 e. The Hall–Kier alpha value is -3.90. The fraction of sp³-hybridized carbons (Fsp3) is 0.333. The van der Waals surface area contributed by atoms with Gasteiger partial charge in [-0.15, -0.1) is 0 Å². The minimum atomic E-state index is -0.322. The number of methoxy groups -OCH3 is 2. The number of benzene rings is 1. The van der Waals surface area contributed by atoms with Crippen molar-refractivity contribution < 1.29 is 14.3 Å². The smallest absolute Gasteiger partial charge is 0.280 e. The molecule has 2 N–H and O–H groups in total. The van der Waals surface area contributed by atoms with Crippen LogP contribution in [0.4, 0.5) is 0 Å². The average Bonchev–Trinajstić information content (AvgIpc) is 3.25. The Bertz CT molecular complexity index is 1230. The van der Waals surface area contributed by atoms with Crippen molar-refractivity contribution in [2.45, 2.75) is 37.8 Å². The van der Waals surface area contributed by atoms with E-state index in [9.17, 15) is 9.59 Å². The molecular weight excluding hydrogens is 422 g/mol. The summed E-state index contributed by atoms with van der Waals surface area (Å²) in [6.07, 6.45) is 6.92. The van der Waals surface area contributed by atoms with Crippen LogP contribution in [0.2, 0.25) is 0 Å². The highest BCUT2D eigenvalue weighted by molar-refractivity contribution is 5.94. The normalized spacial score (nSPS) is 17.8. The summed E-state index contributed by atoms with van der Waals surface area (Å²) in [6, 6.07) is 10.3. The summed E-state index contributed by atoms with van der Waals surface area (Å²) < 4.78 is 12.0. The minimum Gasteiger partial charge on any atom is -0.496 e. The second-order valence-electron chi connectivity index (χ2n) is 7.94. The number of aromatic amines is 1. The van der Waals surface area contributed by atoms with Crippen molar-refractivity contribution in [3.8, 4) is 28.8 Å². The van der Waals surface area contributed by atoms with Crippen LogP contribution in [0.15, 0.2) is 47.5 Å². The lowest BCUT2D eigenvalue weighted by Gasteiger charge is -2.28. The molecule has 33 heavy (non-hydrogen) atoms. The van der Waals surface area contributed by atoms with E-state index in [-0.39, 0.29) is 23.6 Å². The van der Waals surface area contributed by atoms with Crippen molar-refractivity contribution in [2.75, 3.05) is 14.2 Å². The van der Waals surface area contributed by atoms with Gasteiger partial charge in [0.05, 0.1) is 36.0 Å². The van der Waals surface area contributed by atoms with Crippen LogP contribution < -0.4 is 15.6 Å². The summed E-state index contributed by atoms with van der Waals surface area (Å²) in [7, 11) is 3.20. The number of aromatic nitrogens is 3. The molecule has 1 aliphatic carbocycles. The number of amides is 1. The van der Waals surface area contributed by atoms with Crippen molar-refractivity contribution in [3.63, 3.8) is 0 Å². The molecule has 2 aromatic heterocycles. The van der Waals surface area contributed by atoms with Crippen LogP contribution in [0.25, 0.3) is 16.9 Å². The van der Waals surface area contributed by atoms with Gasteiger partial charge < -0.3 is 14.8 Å². The highest BCUT2D eigenvalue weighted by Gasteiger charge is 2.23. The summed E-state index contributed by atoms with van der Waals surface area (Å²) in [5, 5.41) is 15.0. The Labute approximate surface area is 191 Å². The predicted molar refractivity (Wildman–Crippen MR) is 121 cm³/mol. The van der Waals surface area contributed by atoms with Gasteiger partial charge in [-0.2, -0.15) is 5.26 Å². The monoisotopic (exact) mass is 447 g/mol. The fourth-order valence-electron chi connectivity index (χ4n) is 4.08. The Morgan fingerprint density at radius 2 is 1.97 bits per heavy atom. The van der Waals surface area contributed by atoms with E-state index in [1.165, 1.54) is 18.0 Å². The molecule has 0 bridgehead atoms. The number of hydrogen-bond donors (Lipinski definition) is 2. The van der Waals surface area contributed by atoms with E-state index < -0.39 is 0 Å². The van der Waals surface area contributed by atoms with Crippen LogP contribution in [0.1, 0.15) is 41.6 Å². The van der Waals surface area contributed by atoms with Gasteiger partial charge in [0, 0.05) is 31.1 Å². The van der Waals surface area contributed by atoms with Gasteiger partial charge in [0.1, 0.15) is 5.75 Å². The molecule has 9 heteroatoms. The largest absolute Gasteiger partial charge is 0.496 e. The molecule has 0 radical (unpaired) electrons. The number of nitrogens with one attached hydrogen (secondary N) is 2. The van der Waals surface area contributed by atoms with E-state index in [0.29, 0.717) is 33.8 Å². The molecule has 1 fully saturated rings. The van der Waals surface area contributed by atoms with E-state index in [4.69, 9.17) is 14.7 Å². The second-order valence-corrected chi connectivity index (χ2v) is 7.94. The molecule has 1 amide bonds. The topological polar surface area (TPSA) is 122 Å². The van der Waals surface area contributed by atoms with Gasteiger partial charge in [-0.05, 0) is 56.0 Å². The van der Waals surface area contributed by atoms with E-state index in [0.717, 1.165) is 25.7 Å². The summed E-state index contributed by atoms with van der Waals surface area (Å²) in [5.74, 6) is 0.601. The van der Waals surface area contributed by atoms with Gasteiger partial charge in [0.15, 0.2) is 5.82 Å². The van der Waals surface area contributed by atoms with Crippen molar-refractivity contribution in [2.24, 2.45) is 0 Å². The number of pyridine rings is 1. The Kier molecular flexibility index (Phi) is 6.56. The van der Waals surface area contributed by atoms with Crippen molar-refractivity contribution >= 4 is 5.91 Å². The Morgan fingerprint density at radius 1 is 1.18 bits per heavy atom. The number of ether oxygens (including phenoxy) is 2. The van der Waals surface area contributed by atoms with Gasteiger partial charge in [-0.1, -0.05) is 0 Å². The molecule has 1 saturated carbocycles. The molecule has 0 saturated heterocycles. The van der Waals surface area contributed by atoms with E-state index in [1.54, 1.807) is 43.6 Å². The summed E-state index contributed by atoms with van der Waals surface area (Å²) >= 11 is 0. The summed E-state index contributed by atoms with van der Waals surface area (Å²) in [6.45, 7) is 0. The zero-order valence-corrected chi connectivity index (χ0v) is 18.5. The zero-order chi connectivity index (χ0) is 23.4. The quantitative estimate of drug-likeness (QED) is 0.599. The maximum absolute atomic E-state index is 13.0.